The van der Waals surface area contributed by atoms with Gasteiger partial charge in [0.2, 0.25) is 6.79 Å². The van der Waals surface area contributed by atoms with E-state index in [1.54, 1.807) is 0 Å². The highest BCUT2D eigenvalue weighted by Crippen LogP contribution is 2.35. The molecule has 0 aliphatic carbocycles. The summed E-state index contributed by atoms with van der Waals surface area (Å²) in [6, 6.07) is 11.5. The Hall–Kier alpha value is -3.10. The number of hydrogen-bond donors (Lipinski definition) is 2. The number of amides is 2. The summed E-state index contributed by atoms with van der Waals surface area (Å²) < 4.78 is 11.0. The summed E-state index contributed by atoms with van der Waals surface area (Å²) in [6.07, 6.45) is 0. The summed E-state index contributed by atoms with van der Waals surface area (Å²) >= 11 is 0. The van der Waals surface area contributed by atoms with E-state index in [4.69, 9.17) is 9.47 Å². The van der Waals surface area contributed by atoms with Crippen molar-refractivity contribution >= 4 is 17.5 Å². The summed E-state index contributed by atoms with van der Waals surface area (Å²) in [6.45, 7) is 7.99. The summed E-state index contributed by atoms with van der Waals surface area (Å²) in [5.74, 6) is 0.126. The quantitative estimate of drug-likeness (QED) is 0.696. The second kappa shape index (κ2) is 9.58. The predicted octanol–water partition coefficient (Wildman–Crippen LogP) is 2.08. The van der Waals surface area contributed by atoms with Gasteiger partial charge in [0.15, 0.2) is 11.5 Å². The molecule has 0 spiro atoms. The Kier molecular flexibility index (Phi) is 6.62. The molecule has 170 valence electrons. The highest BCUT2D eigenvalue weighted by molar-refractivity contribution is 6.39. The van der Waals surface area contributed by atoms with Gasteiger partial charge < -0.3 is 25.0 Å². The lowest BCUT2D eigenvalue weighted by Crippen LogP contribution is -2.49. The van der Waals surface area contributed by atoms with Gasteiger partial charge in [-0.15, -0.1) is 0 Å². The van der Waals surface area contributed by atoms with Crippen LogP contribution < -0.4 is 20.1 Å². The minimum absolute atomic E-state index is 0.0739. The molecule has 1 saturated heterocycles. The number of rotatable bonds is 5. The highest BCUT2D eigenvalue weighted by atomic mass is 16.7. The van der Waals surface area contributed by atoms with Crippen molar-refractivity contribution in [2.45, 2.75) is 19.9 Å². The number of likely N-dealkylation sites (N-methyl/N-ethyl adjacent to an activating group) is 1. The van der Waals surface area contributed by atoms with Crippen LogP contribution in [-0.2, 0) is 9.59 Å². The van der Waals surface area contributed by atoms with Crippen LogP contribution in [0.3, 0.4) is 0 Å². The highest BCUT2D eigenvalue weighted by Gasteiger charge is 2.27. The van der Waals surface area contributed by atoms with Gasteiger partial charge in [0.05, 0.1) is 6.04 Å². The van der Waals surface area contributed by atoms with Crippen molar-refractivity contribution in [2.24, 2.45) is 0 Å². The standard InChI is InChI=1S/C24H30N4O4/c1-16-5-4-6-17(2)22(16)26-24(30)23(29)25-14-19(28-11-9-27(3)10-12-28)18-7-8-20-21(13-18)32-15-31-20/h4-8,13,19H,9-12,14-15H2,1-3H3,(H,25,29)(H,26,30)/t19-/m0/s1. The van der Waals surface area contributed by atoms with Gasteiger partial charge in [0, 0.05) is 38.4 Å². The molecule has 0 bridgehead atoms. The Morgan fingerprint density at radius 1 is 0.969 bits per heavy atom. The number of aryl methyl sites for hydroxylation is 2. The predicted molar refractivity (Wildman–Crippen MR) is 122 cm³/mol. The molecule has 0 radical (unpaired) electrons. The number of piperazine rings is 1. The first-order chi connectivity index (χ1) is 15.4. The number of carbonyl (C=O) groups is 2. The molecule has 2 amide bonds. The van der Waals surface area contributed by atoms with Gasteiger partial charge in [0.1, 0.15) is 0 Å². The van der Waals surface area contributed by atoms with E-state index in [0.29, 0.717) is 18.0 Å². The Morgan fingerprint density at radius 3 is 2.38 bits per heavy atom. The van der Waals surface area contributed by atoms with Crippen LogP contribution in [0.4, 0.5) is 5.69 Å². The zero-order chi connectivity index (χ0) is 22.7. The third kappa shape index (κ3) is 4.87. The van der Waals surface area contributed by atoms with Crippen molar-refractivity contribution < 1.29 is 19.1 Å². The lowest BCUT2D eigenvalue weighted by molar-refractivity contribution is -0.136. The van der Waals surface area contributed by atoms with Gasteiger partial charge in [-0.2, -0.15) is 0 Å². The van der Waals surface area contributed by atoms with Gasteiger partial charge in [-0.25, -0.2) is 0 Å². The van der Waals surface area contributed by atoms with Crippen LogP contribution in [0, 0.1) is 13.8 Å². The average molecular weight is 439 g/mol. The van der Waals surface area contributed by atoms with E-state index in [1.807, 2.05) is 50.2 Å². The van der Waals surface area contributed by atoms with E-state index < -0.39 is 11.8 Å². The molecule has 2 N–H and O–H groups in total. The topological polar surface area (TPSA) is 83.1 Å². The molecular weight excluding hydrogens is 408 g/mol. The van der Waals surface area contributed by atoms with Crippen LogP contribution in [0.25, 0.3) is 0 Å². The van der Waals surface area contributed by atoms with Crippen LogP contribution in [0.1, 0.15) is 22.7 Å². The fraction of sp³-hybridized carbons (Fsp3) is 0.417. The van der Waals surface area contributed by atoms with E-state index in [-0.39, 0.29) is 12.8 Å². The van der Waals surface area contributed by atoms with Crippen LogP contribution in [-0.4, -0.2) is 68.2 Å². The Morgan fingerprint density at radius 2 is 1.66 bits per heavy atom. The smallest absolute Gasteiger partial charge is 0.313 e. The molecule has 2 aliphatic rings. The number of hydrogen-bond acceptors (Lipinski definition) is 6. The van der Waals surface area contributed by atoms with E-state index in [1.165, 1.54) is 0 Å². The number of ether oxygens (including phenoxy) is 2. The van der Waals surface area contributed by atoms with E-state index in [0.717, 1.165) is 48.6 Å². The first-order valence-electron chi connectivity index (χ1n) is 10.9. The first-order valence-corrected chi connectivity index (χ1v) is 10.9. The van der Waals surface area contributed by atoms with Crippen LogP contribution in [0.15, 0.2) is 36.4 Å². The molecule has 8 nitrogen and oxygen atoms in total. The number of nitrogens with zero attached hydrogens (tertiary/aromatic N) is 2. The Labute approximate surface area is 188 Å². The van der Waals surface area contributed by atoms with Gasteiger partial charge in [0.25, 0.3) is 0 Å². The maximum atomic E-state index is 12.6. The van der Waals surface area contributed by atoms with Crippen LogP contribution >= 0.6 is 0 Å². The summed E-state index contributed by atoms with van der Waals surface area (Å²) in [5, 5.41) is 5.59. The van der Waals surface area contributed by atoms with Gasteiger partial charge in [-0.05, 0) is 49.7 Å². The summed E-state index contributed by atoms with van der Waals surface area (Å²) in [4.78, 5) is 29.8. The maximum Gasteiger partial charge on any atom is 0.313 e. The van der Waals surface area contributed by atoms with E-state index in [9.17, 15) is 9.59 Å². The molecule has 2 aliphatic heterocycles. The van der Waals surface area contributed by atoms with Gasteiger partial charge in [-0.3, -0.25) is 14.5 Å². The molecule has 2 heterocycles. The zero-order valence-corrected chi connectivity index (χ0v) is 18.8. The number of fused-ring (bicyclic) bond motifs is 1. The molecule has 0 saturated carbocycles. The van der Waals surface area contributed by atoms with Crippen molar-refractivity contribution in [3.05, 3.63) is 53.1 Å². The number of nitrogens with one attached hydrogen (secondary N) is 2. The second-order valence-corrected chi connectivity index (χ2v) is 8.40. The van der Waals surface area contributed by atoms with Crippen LogP contribution in [0.2, 0.25) is 0 Å². The molecule has 1 atom stereocenters. The number of benzene rings is 2. The number of carbonyl (C=O) groups excluding carboxylic acids is 2. The molecule has 8 heteroatoms. The average Bonchev–Trinajstić information content (AvgIpc) is 3.25. The van der Waals surface area contributed by atoms with Crippen LogP contribution in [0.5, 0.6) is 11.5 Å². The summed E-state index contributed by atoms with van der Waals surface area (Å²) in [7, 11) is 2.10. The van der Waals surface area contributed by atoms with E-state index >= 15 is 0 Å². The fourth-order valence-corrected chi connectivity index (χ4v) is 4.16. The number of para-hydroxylation sites is 1. The molecule has 2 aromatic carbocycles. The first kappa shape index (κ1) is 22.1. The van der Waals surface area contributed by atoms with Gasteiger partial charge in [-0.1, -0.05) is 24.3 Å². The van der Waals surface area contributed by atoms with Crippen molar-refractivity contribution in [3.8, 4) is 11.5 Å². The minimum atomic E-state index is -0.662. The third-order valence-electron chi connectivity index (χ3n) is 6.14. The molecule has 2 aromatic rings. The van der Waals surface area contributed by atoms with Crippen molar-refractivity contribution in [1.29, 1.82) is 0 Å². The molecule has 0 unspecified atom stereocenters. The molecule has 0 aromatic heterocycles. The van der Waals surface area contributed by atoms with Gasteiger partial charge >= 0.3 is 11.8 Å². The second-order valence-electron chi connectivity index (χ2n) is 8.40. The van der Waals surface area contributed by atoms with E-state index in [2.05, 4.69) is 27.5 Å². The minimum Gasteiger partial charge on any atom is -0.454 e. The fourth-order valence-electron chi connectivity index (χ4n) is 4.16. The monoisotopic (exact) mass is 438 g/mol. The van der Waals surface area contributed by atoms with Crippen molar-refractivity contribution in [2.75, 3.05) is 51.9 Å². The third-order valence-corrected chi connectivity index (χ3v) is 6.14. The lowest BCUT2D eigenvalue weighted by atomic mass is 10.0. The van der Waals surface area contributed by atoms with Crippen molar-refractivity contribution in [1.82, 2.24) is 15.1 Å². The SMILES string of the molecule is Cc1cccc(C)c1NC(=O)C(=O)NC[C@@H](c1ccc2c(c1)OCO2)N1CCN(C)CC1. The summed E-state index contributed by atoms with van der Waals surface area (Å²) in [5.41, 5.74) is 3.54. The molecule has 4 rings (SSSR count). The zero-order valence-electron chi connectivity index (χ0n) is 18.8. The lowest BCUT2D eigenvalue weighted by Gasteiger charge is -2.38. The molecule has 1 fully saturated rings. The normalized spacial score (nSPS) is 17.1. The Balaban J connectivity index is 1.46. The van der Waals surface area contributed by atoms with Crippen molar-refractivity contribution in [3.63, 3.8) is 0 Å². The molecular formula is C24H30N4O4. The number of anilines is 1. The largest absolute Gasteiger partial charge is 0.454 e. The maximum absolute atomic E-state index is 12.6. The Bertz CT molecular complexity index is 981. The molecule has 32 heavy (non-hydrogen) atoms.